The van der Waals surface area contributed by atoms with Gasteiger partial charge in [0.05, 0.1) is 22.7 Å². The minimum Gasteiger partial charge on any atom is -0.337 e. The van der Waals surface area contributed by atoms with Gasteiger partial charge in [-0.1, -0.05) is 11.3 Å². The van der Waals surface area contributed by atoms with Crippen LogP contribution in [0.15, 0.2) is 36.5 Å². The Morgan fingerprint density at radius 2 is 2.04 bits per heavy atom. The molecule has 1 unspecified atom stereocenters. The van der Waals surface area contributed by atoms with Gasteiger partial charge in [-0.3, -0.25) is 9.78 Å². The molecule has 0 saturated heterocycles. The van der Waals surface area contributed by atoms with Crippen LogP contribution >= 0.6 is 0 Å². The zero-order chi connectivity index (χ0) is 19.8. The van der Waals surface area contributed by atoms with Gasteiger partial charge in [-0.05, 0) is 38.1 Å². The van der Waals surface area contributed by atoms with Crippen LogP contribution < -0.4 is 0 Å². The Bertz CT molecular complexity index is 1110. The summed E-state index contributed by atoms with van der Waals surface area (Å²) in [6, 6.07) is 9.00. The number of sulfone groups is 1. The van der Waals surface area contributed by atoms with Crippen molar-refractivity contribution in [3.05, 3.63) is 47.9 Å². The third-order valence-corrected chi connectivity index (χ3v) is 5.54. The van der Waals surface area contributed by atoms with Crippen molar-refractivity contribution in [3.8, 4) is 5.69 Å². The van der Waals surface area contributed by atoms with Crippen molar-refractivity contribution in [2.75, 3.05) is 19.1 Å². The smallest absolute Gasteiger partial charge is 0.276 e. The first-order chi connectivity index (χ1) is 12.7. The SMILES string of the molecule is Cc1c(C(=O)N(C)C(C)CS(C)(=O)=O)nnn1-c1ccc2ncccc2c1. The average molecular weight is 387 g/mol. The van der Waals surface area contributed by atoms with Gasteiger partial charge in [-0.15, -0.1) is 5.10 Å². The molecule has 0 aliphatic heterocycles. The number of nitrogens with zero attached hydrogens (tertiary/aromatic N) is 5. The molecule has 27 heavy (non-hydrogen) atoms. The van der Waals surface area contributed by atoms with E-state index >= 15 is 0 Å². The van der Waals surface area contributed by atoms with Crippen molar-refractivity contribution in [2.45, 2.75) is 19.9 Å². The fraction of sp³-hybridized carbons (Fsp3) is 0.333. The quantitative estimate of drug-likeness (QED) is 0.660. The average Bonchev–Trinajstić information content (AvgIpc) is 3.00. The molecule has 0 radical (unpaired) electrons. The van der Waals surface area contributed by atoms with E-state index in [1.807, 2.05) is 30.3 Å². The van der Waals surface area contributed by atoms with E-state index in [1.165, 1.54) is 4.90 Å². The number of aromatic nitrogens is 4. The molecule has 3 aromatic rings. The molecule has 2 heterocycles. The van der Waals surface area contributed by atoms with Crippen LogP contribution in [0.5, 0.6) is 0 Å². The number of carbonyl (C=O) groups is 1. The Hall–Kier alpha value is -2.81. The van der Waals surface area contributed by atoms with Gasteiger partial charge in [-0.25, -0.2) is 13.1 Å². The number of rotatable bonds is 5. The highest BCUT2D eigenvalue weighted by Crippen LogP contribution is 2.19. The monoisotopic (exact) mass is 387 g/mol. The molecule has 1 atom stereocenters. The number of amides is 1. The molecule has 2 aromatic heterocycles. The molecule has 0 N–H and O–H groups in total. The fourth-order valence-corrected chi connectivity index (χ4v) is 3.98. The van der Waals surface area contributed by atoms with E-state index in [1.54, 1.807) is 31.8 Å². The Morgan fingerprint density at radius 3 is 2.74 bits per heavy atom. The highest BCUT2D eigenvalue weighted by molar-refractivity contribution is 7.90. The van der Waals surface area contributed by atoms with Gasteiger partial charge < -0.3 is 4.90 Å². The number of fused-ring (bicyclic) bond motifs is 1. The van der Waals surface area contributed by atoms with Crippen LogP contribution in [0.25, 0.3) is 16.6 Å². The molecule has 0 spiro atoms. The van der Waals surface area contributed by atoms with Crippen LogP contribution in [0.2, 0.25) is 0 Å². The molecule has 0 saturated carbocycles. The molecular weight excluding hydrogens is 366 g/mol. The maximum Gasteiger partial charge on any atom is 0.276 e. The molecular formula is C18H21N5O3S. The van der Waals surface area contributed by atoms with Gasteiger partial charge in [0.2, 0.25) is 0 Å². The Labute approximate surface area is 157 Å². The lowest BCUT2D eigenvalue weighted by Gasteiger charge is -2.23. The number of hydrogen-bond donors (Lipinski definition) is 0. The zero-order valence-electron chi connectivity index (χ0n) is 15.6. The van der Waals surface area contributed by atoms with E-state index in [9.17, 15) is 13.2 Å². The van der Waals surface area contributed by atoms with Crippen LogP contribution in [-0.2, 0) is 9.84 Å². The first-order valence-corrected chi connectivity index (χ1v) is 10.5. The number of hydrogen-bond acceptors (Lipinski definition) is 6. The molecule has 1 aromatic carbocycles. The maximum absolute atomic E-state index is 12.8. The van der Waals surface area contributed by atoms with E-state index < -0.39 is 15.9 Å². The lowest BCUT2D eigenvalue weighted by Crippen LogP contribution is -2.39. The predicted octanol–water partition coefficient (Wildman–Crippen LogP) is 1.63. The van der Waals surface area contributed by atoms with Crippen LogP contribution in [0, 0.1) is 6.92 Å². The van der Waals surface area contributed by atoms with Gasteiger partial charge in [0.25, 0.3) is 5.91 Å². The van der Waals surface area contributed by atoms with Gasteiger partial charge in [0.1, 0.15) is 9.84 Å². The van der Waals surface area contributed by atoms with Crippen LogP contribution in [-0.4, -0.2) is 64.3 Å². The lowest BCUT2D eigenvalue weighted by atomic mass is 10.2. The van der Waals surface area contributed by atoms with E-state index in [4.69, 9.17) is 0 Å². The number of benzene rings is 1. The van der Waals surface area contributed by atoms with Crippen molar-refractivity contribution < 1.29 is 13.2 Å². The first-order valence-electron chi connectivity index (χ1n) is 8.40. The Morgan fingerprint density at radius 1 is 1.30 bits per heavy atom. The van der Waals surface area contributed by atoms with Crippen molar-refractivity contribution in [3.63, 3.8) is 0 Å². The summed E-state index contributed by atoms with van der Waals surface area (Å²) in [4.78, 5) is 18.4. The highest BCUT2D eigenvalue weighted by atomic mass is 32.2. The third-order valence-electron chi connectivity index (χ3n) is 4.45. The van der Waals surface area contributed by atoms with E-state index in [2.05, 4.69) is 15.3 Å². The molecule has 8 nitrogen and oxygen atoms in total. The summed E-state index contributed by atoms with van der Waals surface area (Å²) in [5.41, 5.74) is 2.42. The van der Waals surface area contributed by atoms with Gasteiger partial charge in [0, 0.05) is 30.9 Å². The summed E-state index contributed by atoms with van der Waals surface area (Å²) in [7, 11) is -1.63. The predicted molar refractivity (Wildman–Crippen MR) is 103 cm³/mol. The van der Waals surface area contributed by atoms with Gasteiger partial charge in [0.15, 0.2) is 5.69 Å². The third kappa shape index (κ3) is 3.97. The molecule has 142 valence electrons. The highest BCUT2D eigenvalue weighted by Gasteiger charge is 2.25. The summed E-state index contributed by atoms with van der Waals surface area (Å²) in [6.45, 7) is 3.45. The second-order valence-corrected chi connectivity index (χ2v) is 8.86. The standard InChI is InChI=1S/C18H21N5O3S/c1-12(11-27(4,25)26)22(3)18(24)17-13(2)23(21-20-17)15-7-8-16-14(10-15)6-5-9-19-16/h5-10,12H,11H2,1-4H3. The zero-order valence-corrected chi connectivity index (χ0v) is 16.4. The van der Waals surface area contributed by atoms with E-state index in [-0.39, 0.29) is 17.4 Å². The van der Waals surface area contributed by atoms with Crippen molar-refractivity contribution in [1.29, 1.82) is 0 Å². The second kappa shape index (κ2) is 7.07. The molecule has 3 rings (SSSR count). The Kier molecular flexibility index (Phi) is 4.97. The maximum atomic E-state index is 12.8. The topological polar surface area (TPSA) is 98.0 Å². The second-order valence-electron chi connectivity index (χ2n) is 6.67. The minimum atomic E-state index is -3.19. The summed E-state index contributed by atoms with van der Waals surface area (Å²) in [5, 5.41) is 9.09. The number of carbonyl (C=O) groups excluding carboxylic acids is 1. The molecule has 0 bridgehead atoms. The fourth-order valence-electron chi connectivity index (χ4n) is 2.88. The lowest BCUT2D eigenvalue weighted by molar-refractivity contribution is 0.0750. The first kappa shape index (κ1) is 19.0. The van der Waals surface area contributed by atoms with Crippen molar-refractivity contribution in [1.82, 2.24) is 24.9 Å². The normalized spacial score (nSPS) is 12.9. The van der Waals surface area contributed by atoms with Gasteiger partial charge >= 0.3 is 0 Å². The summed E-state index contributed by atoms with van der Waals surface area (Å²) in [6.07, 6.45) is 2.88. The van der Waals surface area contributed by atoms with Crippen LogP contribution in [0.3, 0.4) is 0 Å². The molecule has 9 heteroatoms. The minimum absolute atomic E-state index is 0.111. The molecule has 0 fully saturated rings. The molecule has 0 aliphatic rings. The Balaban J connectivity index is 1.91. The van der Waals surface area contributed by atoms with E-state index in [0.29, 0.717) is 5.69 Å². The van der Waals surface area contributed by atoms with Crippen molar-refractivity contribution in [2.24, 2.45) is 0 Å². The summed E-state index contributed by atoms with van der Waals surface area (Å²) in [5.74, 6) is -0.475. The molecule has 0 aliphatic carbocycles. The van der Waals surface area contributed by atoms with Crippen LogP contribution in [0.4, 0.5) is 0 Å². The number of pyridine rings is 1. The van der Waals surface area contributed by atoms with Crippen molar-refractivity contribution >= 4 is 26.6 Å². The largest absolute Gasteiger partial charge is 0.337 e. The van der Waals surface area contributed by atoms with Crippen LogP contribution in [0.1, 0.15) is 23.1 Å². The molecule has 1 amide bonds. The van der Waals surface area contributed by atoms with E-state index in [0.717, 1.165) is 22.8 Å². The summed E-state index contributed by atoms with van der Waals surface area (Å²) < 4.78 is 24.6. The summed E-state index contributed by atoms with van der Waals surface area (Å²) >= 11 is 0. The van der Waals surface area contributed by atoms with Gasteiger partial charge in [-0.2, -0.15) is 0 Å².